The molecule has 0 atom stereocenters. The lowest BCUT2D eigenvalue weighted by Crippen LogP contribution is -2.27. The second kappa shape index (κ2) is 3.42. The number of alkyl halides is 2. The van der Waals surface area contributed by atoms with E-state index in [9.17, 15) is 18.0 Å². The largest absolute Gasteiger partial charge is 0.329 e. The second-order valence-electron chi connectivity index (χ2n) is 2.85. The summed E-state index contributed by atoms with van der Waals surface area (Å²) in [5.41, 5.74) is 3.09. The van der Waals surface area contributed by atoms with Crippen LogP contribution in [0.4, 0.5) is 13.2 Å². The van der Waals surface area contributed by atoms with Crippen LogP contribution in [-0.4, -0.2) is 5.78 Å². The fraction of sp³-hybridized carbons (Fsp3) is 0.222. The fourth-order valence-corrected chi connectivity index (χ4v) is 1.06. The van der Waals surface area contributed by atoms with Gasteiger partial charge in [0.25, 0.3) is 0 Å². The Morgan fingerprint density at radius 3 is 2.43 bits per heavy atom. The standard InChI is InChI=1S/C9H8F3NO/c1-5(14)6-3-2-4-7(8(6)10)9(11,12)13/h2-4H,13H2,1H3. The first-order valence-electron chi connectivity index (χ1n) is 3.80. The molecule has 0 unspecified atom stereocenters. The minimum atomic E-state index is -3.77. The molecule has 2 N–H and O–H groups in total. The van der Waals surface area contributed by atoms with Crippen LogP contribution in [0, 0.1) is 5.82 Å². The minimum Gasteiger partial charge on any atom is -0.294 e. The van der Waals surface area contributed by atoms with Crippen LogP contribution in [0.15, 0.2) is 18.2 Å². The first kappa shape index (κ1) is 10.7. The maximum atomic E-state index is 13.2. The van der Waals surface area contributed by atoms with Crippen molar-refractivity contribution in [2.45, 2.75) is 13.0 Å². The highest BCUT2D eigenvalue weighted by molar-refractivity contribution is 5.94. The Morgan fingerprint density at radius 2 is 2.00 bits per heavy atom. The van der Waals surface area contributed by atoms with Crippen LogP contribution in [0.1, 0.15) is 22.8 Å². The summed E-state index contributed by atoms with van der Waals surface area (Å²) in [6.07, 6.45) is 0. The summed E-state index contributed by atoms with van der Waals surface area (Å²) in [7, 11) is 0. The molecule has 0 aromatic heterocycles. The Hall–Kier alpha value is -1.36. The zero-order chi connectivity index (χ0) is 10.9. The molecular weight excluding hydrogens is 195 g/mol. The van der Waals surface area contributed by atoms with E-state index >= 15 is 0 Å². The van der Waals surface area contributed by atoms with E-state index in [2.05, 4.69) is 5.73 Å². The zero-order valence-electron chi connectivity index (χ0n) is 7.35. The number of benzene rings is 1. The van der Waals surface area contributed by atoms with Gasteiger partial charge in [-0.3, -0.25) is 10.5 Å². The van der Waals surface area contributed by atoms with Crippen molar-refractivity contribution in [2.75, 3.05) is 0 Å². The van der Waals surface area contributed by atoms with E-state index < -0.39 is 23.2 Å². The summed E-state index contributed by atoms with van der Waals surface area (Å²) >= 11 is 0. The summed E-state index contributed by atoms with van der Waals surface area (Å²) in [5.74, 6) is -1.87. The number of rotatable bonds is 2. The van der Waals surface area contributed by atoms with Crippen LogP contribution in [0.3, 0.4) is 0 Å². The van der Waals surface area contributed by atoms with Crippen LogP contribution >= 0.6 is 0 Å². The van der Waals surface area contributed by atoms with Crippen LogP contribution in [0.25, 0.3) is 0 Å². The number of nitrogens with two attached hydrogens (primary N) is 1. The van der Waals surface area contributed by atoms with E-state index in [1.807, 2.05) is 0 Å². The highest BCUT2D eigenvalue weighted by Crippen LogP contribution is 2.26. The number of ketones is 1. The van der Waals surface area contributed by atoms with Crippen molar-refractivity contribution in [2.24, 2.45) is 5.73 Å². The van der Waals surface area contributed by atoms with E-state index in [0.29, 0.717) is 0 Å². The first-order valence-corrected chi connectivity index (χ1v) is 3.80. The summed E-state index contributed by atoms with van der Waals surface area (Å²) < 4.78 is 38.4. The van der Waals surface area contributed by atoms with Gasteiger partial charge in [-0.2, -0.15) is 8.78 Å². The predicted molar refractivity (Wildman–Crippen MR) is 44.5 cm³/mol. The van der Waals surface area contributed by atoms with Crippen LogP contribution in [-0.2, 0) is 6.05 Å². The third-order valence-corrected chi connectivity index (χ3v) is 1.74. The monoisotopic (exact) mass is 203 g/mol. The Balaban J connectivity index is 3.35. The van der Waals surface area contributed by atoms with Gasteiger partial charge in [-0.15, -0.1) is 0 Å². The maximum Gasteiger partial charge on any atom is 0.329 e. The lowest BCUT2D eigenvalue weighted by atomic mass is 10.1. The molecule has 0 saturated carbocycles. The molecule has 2 nitrogen and oxygen atoms in total. The van der Waals surface area contributed by atoms with E-state index in [-0.39, 0.29) is 5.56 Å². The normalized spacial score (nSPS) is 11.5. The van der Waals surface area contributed by atoms with Crippen molar-refractivity contribution in [1.82, 2.24) is 0 Å². The SMILES string of the molecule is CC(=O)c1cccc(C(N)(F)F)c1F. The molecular formula is C9H8F3NO. The van der Waals surface area contributed by atoms with E-state index in [0.717, 1.165) is 25.1 Å². The first-order chi connectivity index (χ1) is 6.34. The summed E-state index contributed by atoms with van der Waals surface area (Å²) in [6.45, 7) is 1.09. The third kappa shape index (κ3) is 1.93. The highest BCUT2D eigenvalue weighted by Gasteiger charge is 2.30. The van der Waals surface area contributed by atoms with Gasteiger partial charge < -0.3 is 0 Å². The maximum absolute atomic E-state index is 13.2. The van der Waals surface area contributed by atoms with Crippen molar-refractivity contribution >= 4 is 5.78 Å². The summed E-state index contributed by atoms with van der Waals surface area (Å²) in [5, 5.41) is 0. The molecule has 0 aliphatic heterocycles. The molecule has 0 bridgehead atoms. The predicted octanol–water partition coefficient (Wildman–Crippen LogP) is 2.04. The van der Waals surface area contributed by atoms with Crippen molar-refractivity contribution < 1.29 is 18.0 Å². The topological polar surface area (TPSA) is 43.1 Å². The van der Waals surface area contributed by atoms with Gasteiger partial charge in [0.15, 0.2) is 5.78 Å². The van der Waals surface area contributed by atoms with E-state index in [4.69, 9.17) is 0 Å². The molecule has 0 saturated heterocycles. The lowest BCUT2D eigenvalue weighted by Gasteiger charge is -2.12. The summed E-state index contributed by atoms with van der Waals surface area (Å²) in [6, 6.07) is -0.625. The molecule has 0 radical (unpaired) electrons. The van der Waals surface area contributed by atoms with Gasteiger partial charge in [-0.05, 0) is 19.1 Å². The molecule has 0 fully saturated rings. The van der Waals surface area contributed by atoms with Gasteiger partial charge in [0.1, 0.15) is 5.82 Å². The van der Waals surface area contributed by atoms with Gasteiger partial charge in [0, 0.05) is 0 Å². The third-order valence-electron chi connectivity index (χ3n) is 1.74. The van der Waals surface area contributed by atoms with Crippen molar-refractivity contribution in [1.29, 1.82) is 0 Å². The number of carbonyl (C=O) groups is 1. The molecule has 0 aliphatic rings. The van der Waals surface area contributed by atoms with Gasteiger partial charge >= 0.3 is 6.05 Å². The molecule has 5 heteroatoms. The van der Waals surface area contributed by atoms with Gasteiger partial charge in [0.05, 0.1) is 11.1 Å². The zero-order valence-corrected chi connectivity index (χ0v) is 7.35. The van der Waals surface area contributed by atoms with Crippen LogP contribution in [0.2, 0.25) is 0 Å². The molecule has 14 heavy (non-hydrogen) atoms. The van der Waals surface area contributed by atoms with Crippen LogP contribution in [0.5, 0.6) is 0 Å². The number of hydrogen-bond acceptors (Lipinski definition) is 2. The average molecular weight is 203 g/mol. The molecule has 76 valence electrons. The van der Waals surface area contributed by atoms with E-state index in [1.54, 1.807) is 0 Å². The summed E-state index contributed by atoms with van der Waals surface area (Å²) in [4.78, 5) is 10.8. The Kier molecular flexibility index (Phi) is 2.62. The Labute approximate surface area is 78.5 Å². The molecule has 1 rings (SSSR count). The number of halogens is 3. The smallest absolute Gasteiger partial charge is 0.294 e. The van der Waals surface area contributed by atoms with Crippen LogP contribution < -0.4 is 5.73 Å². The Bertz CT molecular complexity index is 371. The fourth-order valence-electron chi connectivity index (χ4n) is 1.06. The van der Waals surface area contributed by atoms with Gasteiger partial charge in [-0.25, -0.2) is 4.39 Å². The molecule has 1 aromatic rings. The second-order valence-corrected chi connectivity index (χ2v) is 2.85. The molecule has 0 amide bonds. The average Bonchev–Trinajstić information content (AvgIpc) is 2.01. The highest BCUT2D eigenvalue weighted by atomic mass is 19.3. The number of carbonyl (C=O) groups excluding carboxylic acids is 1. The number of Topliss-reactive ketones (excluding diaryl/α,β-unsaturated/α-hetero) is 1. The molecule has 1 aromatic carbocycles. The minimum absolute atomic E-state index is 0.382. The Morgan fingerprint density at radius 1 is 1.43 bits per heavy atom. The quantitative estimate of drug-likeness (QED) is 0.590. The van der Waals surface area contributed by atoms with Gasteiger partial charge in [0.2, 0.25) is 0 Å². The van der Waals surface area contributed by atoms with Gasteiger partial charge in [-0.1, -0.05) is 6.07 Å². The van der Waals surface area contributed by atoms with Crippen molar-refractivity contribution in [3.63, 3.8) is 0 Å². The molecule has 0 spiro atoms. The molecule has 0 aliphatic carbocycles. The van der Waals surface area contributed by atoms with Crippen molar-refractivity contribution in [3.05, 3.63) is 35.1 Å². The number of hydrogen-bond donors (Lipinski definition) is 1. The molecule has 0 heterocycles. The lowest BCUT2D eigenvalue weighted by molar-refractivity contribution is -0.000658. The van der Waals surface area contributed by atoms with E-state index in [1.165, 1.54) is 0 Å². The van der Waals surface area contributed by atoms with Crippen molar-refractivity contribution in [3.8, 4) is 0 Å².